The smallest absolute Gasteiger partial charge is 0.261 e. The second kappa shape index (κ2) is 7.19. The molecule has 136 valence electrons. The lowest BCUT2D eigenvalue weighted by Gasteiger charge is -2.13. The Morgan fingerprint density at radius 3 is 2.88 bits per heavy atom. The lowest BCUT2D eigenvalue weighted by molar-refractivity contribution is 0.0939. The number of thiophene rings is 1. The quantitative estimate of drug-likeness (QED) is 0.675. The topological polar surface area (TPSA) is 59.3 Å². The summed E-state index contributed by atoms with van der Waals surface area (Å²) >= 11 is 1.47. The Hall–Kier alpha value is -2.21. The summed E-state index contributed by atoms with van der Waals surface area (Å²) in [6, 6.07) is 2.18. The van der Waals surface area contributed by atoms with E-state index in [2.05, 4.69) is 35.4 Å². The zero-order chi connectivity index (χ0) is 18.1. The largest absolute Gasteiger partial charge is 0.349 e. The highest BCUT2D eigenvalue weighted by Crippen LogP contribution is 2.33. The Morgan fingerprint density at radius 1 is 1.35 bits per heavy atom. The monoisotopic (exact) mass is 368 g/mol. The van der Waals surface area contributed by atoms with E-state index in [4.69, 9.17) is 0 Å². The molecular weight excluding hydrogens is 344 g/mol. The van der Waals surface area contributed by atoms with Gasteiger partial charge in [0.2, 0.25) is 0 Å². The average molecular weight is 369 g/mol. The first-order chi connectivity index (χ1) is 12.7. The van der Waals surface area contributed by atoms with E-state index in [1.807, 2.05) is 28.4 Å². The number of aromatic nitrogens is 3. The van der Waals surface area contributed by atoms with Crippen molar-refractivity contribution in [2.45, 2.75) is 52.0 Å². The first kappa shape index (κ1) is 17.2. The minimum atomic E-state index is 0.00565. The van der Waals surface area contributed by atoms with E-state index < -0.39 is 0 Å². The molecule has 1 saturated carbocycles. The Bertz CT molecular complexity index is 921. The van der Waals surface area contributed by atoms with Crippen LogP contribution in [0.2, 0.25) is 0 Å². The minimum Gasteiger partial charge on any atom is -0.349 e. The van der Waals surface area contributed by atoms with Gasteiger partial charge in [-0.25, -0.2) is 9.50 Å². The first-order valence-corrected chi connectivity index (χ1v) is 10.3. The Kier molecular flexibility index (Phi) is 4.76. The third kappa shape index (κ3) is 3.51. The van der Waals surface area contributed by atoms with E-state index in [-0.39, 0.29) is 11.9 Å². The summed E-state index contributed by atoms with van der Waals surface area (Å²) in [5.41, 5.74) is 4.06. The number of nitrogens with zero attached hydrogens (tertiary/aromatic N) is 3. The molecule has 1 amide bonds. The standard InChI is InChI=1S/C20H24N4OS/c1-3-16(4-2)23-20(25)18-8-15(12-26-18)17-10-22-24-11-14(7-13-5-6-13)9-21-19(17)24/h8-13,16H,3-7H2,1-2H3,(H,23,25). The summed E-state index contributed by atoms with van der Waals surface area (Å²) in [5.74, 6) is 0.836. The highest BCUT2D eigenvalue weighted by molar-refractivity contribution is 7.12. The second-order valence-electron chi connectivity index (χ2n) is 7.12. The van der Waals surface area contributed by atoms with Crippen LogP contribution in [0.3, 0.4) is 0 Å². The van der Waals surface area contributed by atoms with Crippen molar-refractivity contribution in [3.63, 3.8) is 0 Å². The molecular formula is C20H24N4OS. The molecule has 1 fully saturated rings. The molecule has 0 bridgehead atoms. The van der Waals surface area contributed by atoms with Crippen molar-refractivity contribution in [1.29, 1.82) is 0 Å². The molecule has 0 saturated heterocycles. The number of amides is 1. The van der Waals surface area contributed by atoms with E-state index >= 15 is 0 Å². The number of fused-ring (bicyclic) bond motifs is 1. The van der Waals surface area contributed by atoms with Gasteiger partial charge in [0.25, 0.3) is 5.91 Å². The van der Waals surface area contributed by atoms with Gasteiger partial charge in [-0.15, -0.1) is 11.3 Å². The molecule has 0 aromatic carbocycles. The zero-order valence-electron chi connectivity index (χ0n) is 15.2. The third-order valence-corrected chi connectivity index (χ3v) is 6.02. The van der Waals surface area contributed by atoms with Crippen molar-refractivity contribution >= 4 is 22.9 Å². The van der Waals surface area contributed by atoms with Gasteiger partial charge in [-0.1, -0.05) is 13.8 Å². The van der Waals surface area contributed by atoms with E-state index in [1.165, 1.54) is 29.7 Å². The van der Waals surface area contributed by atoms with Crippen molar-refractivity contribution in [3.8, 4) is 11.1 Å². The normalized spacial score (nSPS) is 14.3. The van der Waals surface area contributed by atoms with Gasteiger partial charge in [-0.2, -0.15) is 5.10 Å². The summed E-state index contributed by atoms with van der Waals surface area (Å²) in [6.07, 6.45) is 11.5. The minimum absolute atomic E-state index is 0.00565. The van der Waals surface area contributed by atoms with Crippen molar-refractivity contribution in [3.05, 3.63) is 40.5 Å². The molecule has 1 aliphatic rings. The molecule has 6 heteroatoms. The van der Waals surface area contributed by atoms with Crippen molar-refractivity contribution < 1.29 is 4.79 Å². The van der Waals surface area contributed by atoms with Gasteiger partial charge in [0.05, 0.1) is 11.1 Å². The maximum absolute atomic E-state index is 12.4. The predicted octanol–water partition coefficient (Wildman–Crippen LogP) is 4.33. The molecule has 1 aliphatic carbocycles. The number of rotatable bonds is 7. The number of hydrogen-bond acceptors (Lipinski definition) is 4. The van der Waals surface area contributed by atoms with E-state index in [1.54, 1.807) is 0 Å². The molecule has 0 aliphatic heterocycles. The van der Waals surface area contributed by atoms with Gasteiger partial charge in [-0.05, 0) is 60.6 Å². The van der Waals surface area contributed by atoms with Crippen LogP contribution in [-0.2, 0) is 6.42 Å². The van der Waals surface area contributed by atoms with Crippen LogP contribution in [0.15, 0.2) is 30.0 Å². The van der Waals surface area contributed by atoms with E-state index in [9.17, 15) is 4.79 Å². The Morgan fingerprint density at radius 2 is 2.15 bits per heavy atom. The van der Waals surface area contributed by atoms with Gasteiger partial charge >= 0.3 is 0 Å². The summed E-state index contributed by atoms with van der Waals surface area (Å²) in [6.45, 7) is 4.19. The van der Waals surface area contributed by atoms with Crippen molar-refractivity contribution in [2.75, 3.05) is 0 Å². The van der Waals surface area contributed by atoms with Crippen LogP contribution in [0.5, 0.6) is 0 Å². The second-order valence-corrected chi connectivity index (χ2v) is 8.03. The summed E-state index contributed by atoms with van der Waals surface area (Å²) in [5, 5.41) is 9.58. The van der Waals surface area contributed by atoms with Crippen LogP contribution in [0.1, 0.15) is 54.8 Å². The van der Waals surface area contributed by atoms with Crippen LogP contribution in [0.4, 0.5) is 0 Å². The molecule has 5 nitrogen and oxygen atoms in total. The maximum atomic E-state index is 12.4. The van der Waals surface area contributed by atoms with Gasteiger partial charge in [0.15, 0.2) is 5.65 Å². The average Bonchev–Trinajstić information content (AvgIpc) is 3.17. The first-order valence-electron chi connectivity index (χ1n) is 9.40. The molecule has 0 unspecified atom stereocenters. The number of hydrogen-bond donors (Lipinski definition) is 1. The molecule has 4 rings (SSSR count). The highest BCUT2D eigenvalue weighted by atomic mass is 32.1. The van der Waals surface area contributed by atoms with Gasteiger partial charge in [0, 0.05) is 24.0 Å². The molecule has 3 aromatic rings. The lowest BCUT2D eigenvalue weighted by atomic mass is 10.1. The molecule has 1 N–H and O–H groups in total. The number of carbonyl (C=O) groups excluding carboxylic acids is 1. The Labute approximate surface area is 157 Å². The predicted molar refractivity (Wildman–Crippen MR) is 105 cm³/mol. The van der Waals surface area contributed by atoms with E-state index in [0.717, 1.165) is 46.8 Å². The van der Waals surface area contributed by atoms with Crippen molar-refractivity contribution in [1.82, 2.24) is 19.9 Å². The fourth-order valence-electron chi connectivity index (χ4n) is 3.22. The maximum Gasteiger partial charge on any atom is 0.261 e. The van der Waals surface area contributed by atoms with Gasteiger partial charge in [0.1, 0.15) is 0 Å². The highest BCUT2D eigenvalue weighted by Gasteiger charge is 2.22. The fourth-order valence-corrected chi connectivity index (χ4v) is 4.03. The number of carbonyl (C=O) groups is 1. The van der Waals surface area contributed by atoms with Crippen LogP contribution in [-0.4, -0.2) is 26.5 Å². The van der Waals surface area contributed by atoms with Gasteiger partial charge < -0.3 is 5.32 Å². The van der Waals surface area contributed by atoms with Crippen LogP contribution in [0, 0.1) is 5.92 Å². The number of nitrogens with one attached hydrogen (secondary N) is 1. The third-order valence-electron chi connectivity index (χ3n) is 5.09. The van der Waals surface area contributed by atoms with Crippen molar-refractivity contribution in [2.24, 2.45) is 5.92 Å². The van der Waals surface area contributed by atoms with E-state index in [0.29, 0.717) is 0 Å². The van der Waals surface area contributed by atoms with Gasteiger partial charge in [-0.3, -0.25) is 4.79 Å². The Balaban J connectivity index is 1.56. The lowest BCUT2D eigenvalue weighted by Crippen LogP contribution is -2.33. The summed E-state index contributed by atoms with van der Waals surface area (Å²) in [7, 11) is 0. The molecule has 0 spiro atoms. The summed E-state index contributed by atoms with van der Waals surface area (Å²) < 4.78 is 1.86. The SMILES string of the molecule is CCC(CC)NC(=O)c1cc(-c2cnn3cc(CC4CC4)cnc23)cs1. The molecule has 0 radical (unpaired) electrons. The molecule has 3 aromatic heterocycles. The molecule has 0 atom stereocenters. The summed E-state index contributed by atoms with van der Waals surface area (Å²) in [4.78, 5) is 17.8. The van der Waals surface area contributed by atoms with Crippen LogP contribution < -0.4 is 5.32 Å². The zero-order valence-corrected chi connectivity index (χ0v) is 16.1. The van der Waals surface area contributed by atoms with Crippen LogP contribution >= 0.6 is 11.3 Å². The van der Waals surface area contributed by atoms with Crippen LogP contribution in [0.25, 0.3) is 16.8 Å². The fraction of sp³-hybridized carbons (Fsp3) is 0.450. The molecule has 26 heavy (non-hydrogen) atoms. The molecule has 3 heterocycles.